The van der Waals surface area contributed by atoms with Gasteiger partial charge in [-0.05, 0) is 17.3 Å². The van der Waals surface area contributed by atoms with Crippen LogP contribution in [0.15, 0.2) is 4.99 Å². The van der Waals surface area contributed by atoms with Crippen molar-refractivity contribution in [1.29, 1.82) is 0 Å². The lowest BCUT2D eigenvalue weighted by molar-refractivity contribution is 0.436. The molecular weight excluding hydrogens is 192 g/mol. The largest absolute Gasteiger partial charge is 0.362 e. The topological polar surface area (TPSA) is 24.4 Å². The van der Waals surface area contributed by atoms with Gasteiger partial charge in [0.2, 0.25) is 0 Å². The van der Waals surface area contributed by atoms with Crippen molar-refractivity contribution in [2.24, 2.45) is 15.8 Å². The quantitative estimate of drug-likeness (QED) is 0.722. The van der Waals surface area contributed by atoms with Gasteiger partial charge in [-0.15, -0.1) is 0 Å². The van der Waals surface area contributed by atoms with Gasteiger partial charge in [0.15, 0.2) is 5.17 Å². The maximum atomic E-state index is 4.60. The Hall–Kier alpha value is -0.180. The molecule has 0 radical (unpaired) electrons. The molecule has 1 N–H and O–H groups in total. The highest BCUT2D eigenvalue weighted by Gasteiger charge is 2.46. The predicted molar refractivity (Wildman–Crippen MR) is 63.9 cm³/mol. The van der Waals surface area contributed by atoms with Crippen molar-refractivity contribution >= 4 is 16.9 Å². The van der Waals surface area contributed by atoms with Gasteiger partial charge >= 0.3 is 0 Å². The highest BCUT2D eigenvalue weighted by Crippen LogP contribution is 2.45. The first-order valence-electron chi connectivity index (χ1n) is 5.33. The Morgan fingerprint density at radius 1 is 1.36 bits per heavy atom. The molecule has 2 rings (SSSR count). The lowest BCUT2D eigenvalue weighted by Gasteiger charge is -2.27. The van der Waals surface area contributed by atoms with E-state index >= 15 is 0 Å². The average Bonchev–Trinajstić information content (AvgIpc) is 2.64. The summed E-state index contributed by atoms with van der Waals surface area (Å²) >= 11 is 1.88. The van der Waals surface area contributed by atoms with Crippen molar-refractivity contribution < 1.29 is 0 Å². The van der Waals surface area contributed by atoms with Gasteiger partial charge in [-0.25, -0.2) is 0 Å². The van der Waals surface area contributed by atoms with E-state index in [1.54, 1.807) is 0 Å². The van der Waals surface area contributed by atoms with E-state index < -0.39 is 0 Å². The van der Waals surface area contributed by atoms with Crippen LogP contribution in [-0.2, 0) is 0 Å². The Kier molecular flexibility index (Phi) is 2.33. The molecule has 0 spiro atoms. The molecule has 80 valence electrons. The summed E-state index contributed by atoms with van der Waals surface area (Å²) in [5, 5.41) is 4.70. The summed E-state index contributed by atoms with van der Waals surface area (Å²) in [5.74, 6) is 1.19. The third-order valence-electron chi connectivity index (χ3n) is 3.06. The molecule has 1 unspecified atom stereocenters. The van der Waals surface area contributed by atoms with Crippen LogP contribution in [0.1, 0.15) is 34.1 Å². The summed E-state index contributed by atoms with van der Waals surface area (Å²) in [7, 11) is 0. The molecule has 0 aromatic heterocycles. The first-order chi connectivity index (χ1) is 6.39. The van der Waals surface area contributed by atoms with E-state index in [0.29, 0.717) is 16.9 Å². The normalized spacial score (nSPS) is 33.4. The van der Waals surface area contributed by atoms with Gasteiger partial charge in [0.05, 0.1) is 0 Å². The zero-order chi connectivity index (χ0) is 10.4. The van der Waals surface area contributed by atoms with Gasteiger partial charge in [-0.1, -0.05) is 39.5 Å². The molecule has 1 heterocycles. The van der Waals surface area contributed by atoms with Gasteiger partial charge in [0.25, 0.3) is 0 Å². The Labute approximate surface area is 90.9 Å². The van der Waals surface area contributed by atoms with Crippen LogP contribution in [0.25, 0.3) is 0 Å². The molecule has 2 aliphatic rings. The fourth-order valence-corrected chi connectivity index (χ4v) is 2.59. The van der Waals surface area contributed by atoms with E-state index in [9.17, 15) is 0 Å². The van der Waals surface area contributed by atoms with Crippen molar-refractivity contribution in [3.05, 3.63) is 0 Å². The number of hydrogen-bond acceptors (Lipinski definition) is 3. The second-order valence-electron chi connectivity index (χ2n) is 5.96. The van der Waals surface area contributed by atoms with Crippen molar-refractivity contribution in [2.75, 3.05) is 12.3 Å². The molecule has 0 saturated heterocycles. The van der Waals surface area contributed by atoms with Crippen LogP contribution in [-0.4, -0.2) is 23.5 Å². The number of nitrogens with zero attached hydrogens (tertiary/aromatic N) is 1. The molecule has 0 aromatic rings. The fraction of sp³-hybridized carbons (Fsp3) is 0.909. The molecule has 1 aliphatic carbocycles. The monoisotopic (exact) mass is 212 g/mol. The Morgan fingerprint density at radius 3 is 2.43 bits per heavy atom. The molecule has 0 aromatic carbocycles. The highest BCUT2D eigenvalue weighted by atomic mass is 32.2. The Bertz CT molecular complexity index is 268. The van der Waals surface area contributed by atoms with Crippen molar-refractivity contribution in [1.82, 2.24) is 5.32 Å². The maximum absolute atomic E-state index is 4.60. The number of aliphatic imine (C=N–C) groups is 1. The number of amidine groups is 1. The van der Waals surface area contributed by atoms with Gasteiger partial charge < -0.3 is 5.32 Å². The molecule has 1 aliphatic heterocycles. The van der Waals surface area contributed by atoms with Crippen LogP contribution in [0.3, 0.4) is 0 Å². The summed E-state index contributed by atoms with van der Waals surface area (Å²) in [6.07, 6.45) is 1.29. The summed E-state index contributed by atoms with van der Waals surface area (Å²) in [6, 6.07) is 0.662. The standard InChI is InChI=1S/C11H20N2S/c1-10(2)6-12-9(14-7-10)13-8-5-11(8,3)4/h8H,5-7H2,1-4H3,(H,12,13). The van der Waals surface area contributed by atoms with Crippen LogP contribution >= 0.6 is 11.8 Å². The first kappa shape index (κ1) is 10.3. The molecule has 1 fully saturated rings. The van der Waals surface area contributed by atoms with Crippen LogP contribution in [0.5, 0.6) is 0 Å². The van der Waals surface area contributed by atoms with E-state index in [2.05, 4.69) is 38.0 Å². The fourth-order valence-electron chi connectivity index (χ4n) is 1.59. The van der Waals surface area contributed by atoms with E-state index in [0.717, 1.165) is 6.54 Å². The summed E-state index contributed by atoms with van der Waals surface area (Å²) in [4.78, 5) is 4.60. The molecule has 0 bridgehead atoms. The number of thioether (sulfide) groups is 1. The average molecular weight is 212 g/mol. The van der Waals surface area contributed by atoms with Crippen LogP contribution < -0.4 is 5.32 Å². The smallest absolute Gasteiger partial charge is 0.156 e. The SMILES string of the molecule is CC1(C)CN=C(NC2CC2(C)C)SC1. The van der Waals surface area contributed by atoms with E-state index in [-0.39, 0.29) is 0 Å². The summed E-state index contributed by atoms with van der Waals surface area (Å²) in [5.41, 5.74) is 0.880. The first-order valence-corrected chi connectivity index (χ1v) is 6.31. The second-order valence-corrected chi connectivity index (χ2v) is 6.93. The molecule has 14 heavy (non-hydrogen) atoms. The highest BCUT2D eigenvalue weighted by molar-refractivity contribution is 8.13. The van der Waals surface area contributed by atoms with Gasteiger partial charge in [-0.2, -0.15) is 0 Å². The molecule has 2 nitrogen and oxygen atoms in total. The number of hydrogen-bond donors (Lipinski definition) is 1. The third kappa shape index (κ3) is 2.25. The Morgan fingerprint density at radius 2 is 2.00 bits per heavy atom. The van der Waals surface area contributed by atoms with Crippen LogP contribution in [0, 0.1) is 10.8 Å². The third-order valence-corrected chi connectivity index (χ3v) is 4.51. The minimum Gasteiger partial charge on any atom is -0.362 e. The zero-order valence-electron chi connectivity index (χ0n) is 9.55. The van der Waals surface area contributed by atoms with Crippen LogP contribution in [0.2, 0.25) is 0 Å². The van der Waals surface area contributed by atoms with Gasteiger partial charge in [-0.3, -0.25) is 4.99 Å². The minimum atomic E-state index is 0.384. The lowest BCUT2D eigenvalue weighted by atomic mass is 9.97. The molecular formula is C11H20N2S. The molecule has 3 heteroatoms. The zero-order valence-corrected chi connectivity index (χ0v) is 10.4. The summed E-state index contributed by atoms with van der Waals surface area (Å²) in [6.45, 7) is 10.1. The van der Waals surface area contributed by atoms with E-state index in [4.69, 9.17) is 0 Å². The van der Waals surface area contributed by atoms with Crippen molar-refractivity contribution in [3.8, 4) is 0 Å². The Balaban J connectivity index is 1.87. The van der Waals surface area contributed by atoms with E-state index in [1.165, 1.54) is 17.3 Å². The molecule has 1 saturated carbocycles. The minimum absolute atomic E-state index is 0.384. The molecule has 0 amide bonds. The van der Waals surface area contributed by atoms with Gasteiger partial charge in [0, 0.05) is 18.3 Å². The second kappa shape index (κ2) is 3.16. The number of rotatable bonds is 1. The lowest BCUT2D eigenvalue weighted by Crippen LogP contribution is -2.33. The van der Waals surface area contributed by atoms with Crippen molar-refractivity contribution in [3.63, 3.8) is 0 Å². The summed E-state index contributed by atoms with van der Waals surface area (Å²) < 4.78 is 0. The van der Waals surface area contributed by atoms with Crippen LogP contribution in [0.4, 0.5) is 0 Å². The predicted octanol–water partition coefficient (Wildman–Crippen LogP) is 2.50. The van der Waals surface area contributed by atoms with E-state index in [1.807, 2.05) is 11.8 Å². The van der Waals surface area contributed by atoms with Crippen molar-refractivity contribution in [2.45, 2.75) is 40.2 Å². The molecule has 1 atom stereocenters. The van der Waals surface area contributed by atoms with Gasteiger partial charge in [0.1, 0.15) is 0 Å². The number of nitrogens with one attached hydrogen (secondary N) is 1. The maximum Gasteiger partial charge on any atom is 0.156 e.